The Morgan fingerprint density at radius 1 is 1.00 bits per heavy atom. The number of anilines is 1. The predicted octanol–water partition coefficient (Wildman–Crippen LogP) is 2.22. The molecule has 0 aliphatic heterocycles. The molecule has 1 aromatic heterocycles. The van der Waals surface area contributed by atoms with Crippen LogP contribution in [0.2, 0.25) is 0 Å². The Hall–Kier alpha value is -2.69. The normalized spacial score (nSPS) is 10.6. The molecule has 3 aromatic rings. The highest BCUT2D eigenvalue weighted by Gasteiger charge is 2.12. The standard InChI is InChI=1S/C14H13N5/c1-10-12(15)8-5-9-13(10)19-14(16-17-18-19)11-6-3-2-4-7-11/h2-9H,15H2,1H3. The fourth-order valence-corrected chi connectivity index (χ4v) is 1.99. The molecule has 2 aromatic carbocycles. The summed E-state index contributed by atoms with van der Waals surface area (Å²) in [5.74, 6) is 0.703. The van der Waals surface area contributed by atoms with Crippen LogP contribution in [0.5, 0.6) is 0 Å². The molecule has 0 atom stereocenters. The van der Waals surface area contributed by atoms with Gasteiger partial charge in [0, 0.05) is 11.3 Å². The van der Waals surface area contributed by atoms with E-state index in [-0.39, 0.29) is 0 Å². The lowest BCUT2D eigenvalue weighted by atomic mass is 10.1. The summed E-state index contributed by atoms with van der Waals surface area (Å²) in [6.07, 6.45) is 0. The Balaban J connectivity index is 2.18. The van der Waals surface area contributed by atoms with Gasteiger partial charge >= 0.3 is 0 Å². The molecule has 1 heterocycles. The molecule has 3 rings (SSSR count). The van der Waals surface area contributed by atoms with E-state index < -0.39 is 0 Å². The number of benzene rings is 2. The molecule has 19 heavy (non-hydrogen) atoms. The van der Waals surface area contributed by atoms with Crippen molar-refractivity contribution in [3.63, 3.8) is 0 Å². The van der Waals surface area contributed by atoms with Crippen molar-refractivity contribution >= 4 is 5.69 Å². The van der Waals surface area contributed by atoms with Crippen molar-refractivity contribution in [3.05, 3.63) is 54.1 Å². The molecule has 94 valence electrons. The number of tetrazole rings is 1. The minimum atomic E-state index is 0.703. The predicted molar refractivity (Wildman–Crippen MR) is 73.7 cm³/mol. The monoisotopic (exact) mass is 251 g/mol. The van der Waals surface area contributed by atoms with Gasteiger partial charge in [-0.2, -0.15) is 4.68 Å². The highest BCUT2D eigenvalue weighted by atomic mass is 15.5. The van der Waals surface area contributed by atoms with Gasteiger partial charge in [-0.15, -0.1) is 5.10 Å². The zero-order valence-corrected chi connectivity index (χ0v) is 10.5. The van der Waals surface area contributed by atoms with Crippen molar-refractivity contribution in [2.24, 2.45) is 0 Å². The van der Waals surface area contributed by atoms with Gasteiger partial charge in [0.05, 0.1) is 5.69 Å². The molecule has 0 saturated heterocycles. The third-order valence-corrected chi connectivity index (χ3v) is 3.08. The first-order valence-electron chi connectivity index (χ1n) is 5.96. The molecule has 0 unspecified atom stereocenters. The number of hydrogen-bond acceptors (Lipinski definition) is 4. The summed E-state index contributed by atoms with van der Waals surface area (Å²) >= 11 is 0. The third kappa shape index (κ3) is 1.95. The molecule has 0 amide bonds. The topological polar surface area (TPSA) is 69.6 Å². The molecule has 0 fully saturated rings. The van der Waals surface area contributed by atoms with Gasteiger partial charge < -0.3 is 5.73 Å². The fraction of sp³-hybridized carbons (Fsp3) is 0.0714. The van der Waals surface area contributed by atoms with Crippen LogP contribution in [0.4, 0.5) is 5.69 Å². The Morgan fingerprint density at radius 2 is 1.79 bits per heavy atom. The highest BCUT2D eigenvalue weighted by Crippen LogP contribution is 2.23. The van der Waals surface area contributed by atoms with Crippen LogP contribution in [0, 0.1) is 6.92 Å². The first-order chi connectivity index (χ1) is 9.27. The van der Waals surface area contributed by atoms with Gasteiger partial charge in [0.2, 0.25) is 0 Å². The van der Waals surface area contributed by atoms with Gasteiger partial charge in [-0.25, -0.2) is 0 Å². The Kier molecular flexibility index (Phi) is 2.72. The SMILES string of the molecule is Cc1c(N)cccc1-n1nnnc1-c1ccccc1. The van der Waals surface area contributed by atoms with Crippen LogP contribution in [0.15, 0.2) is 48.5 Å². The Morgan fingerprint density at radius 3 is 2.58 bits per heavy atom. The van der Waals surface area contributed by atoms with Crippen LogP contribution >= 0.6 is 0 Å². The molecule has 0 bridgehead atoms. The lowest BCUT2D eigenvalue weighted by Crippen LogP contribution is -2.04. The first kappa shape index (κ1) is 11.4. The molecule has 0 aliphatic carbocycles. The molecule has 5 heteroatoms. The summed E-state index contributed by atoms with van der Waals surface area (Å²) in [4.78, 5) is 0. The molecule has 0 spiro atoms. The summed E-state index contributed by atoms with van der Waals surface area (Å²) in [6, 6.07) is 15.5. The van der Waals surface area contributed by atoms with E-state index in [4.69, 9.17) is 5.73 Å². The minimum Gasteiger partial charge on any atom is -0.398 e. The zero-order chi connectivity index (χ0) is 13.2. The van der Waals surface area contributed by atoms with Gasteiger partial charge in [-0.05, 0) is 35.0 Å². The van der Waals surface area contributed by atoms with Crippen molar-refractivity contribution in [2.75, 3.05) is 5.73 Å². The van der Waals surface area contributed by atoms with E-state index in [1.165, 1.54) is 0 Å². The second-order valence-corrected chi connectivity index (χ2v) is 4.27. The maximum atomic E-state index is 5.93. The van der Waals surface area contributed by atoms with Crippen molar-refractivity contribution in [3.8, 4) is 17.1 Å². The maximum Gasteiger partial charge on any atom is 0.187 e. The van der Waals surface area contributed by atoms with Gasteiger partial charge in [0.1, 0.15) is 0 Å². The van der Waals surface area contributed by atoms with Gasteiger partial charge in [0.15, 0.2) is 5.82 Å². The maximum absolute atomic E-state index is 5.93. The van der Waals surface area contributed by atoms with E-state index in [0.29, 0.717) is 5.82 Å². The largest absolute Gasteiger partial charge is 0.398 e. The molecule has 0 saturated carbocycles. The molecular formula is C14H13N5. The Labute approximate surface area is 110 Å². The van der Waals surface area contributed by atoms with E-state index in [1.807, 2.05) is 55.5 Å². The minimum absolute atomic E-state index is 0.703. The van der Waals surface area contributed by atoms with Crippen LogP contribution in [-0.2, 0) is 0 Å². The van der Waals surface area contributed by atoms with Gasteiger partial charge in [-0.3, -0.25) is 0 Å². The number of nitrogens with zero attached hydrogens (tertiary/aromatic N) is 4. The molecule has 5 nitrogen and oxygen atoms in total. The zero-order valence-electron chi connectivity index (χ0n) is 10.5. The van der Waals surface area contributed by atoms with E-state index in [2.05, 4.69) is 15.5 Å². The summed E-state index contributed by atoms with van der Waals surface area (Å²) in [6.45, 7) is 1.96. The number of aromatic nitrogens is 4. The van der Waals surface area contributed by atoms with Gasteiger partial charge in [-0.1, -0.05) is 36.4 Å². The fourth-order valence-electron chi connectivity index (χ4n) is 1.99. The highest BCUT2D eigenvalue weighted by molar-refractivity contribution is 5.62. The number of hydrogen-bond donors (Lipinski definition) is 1. The third-order valence-electron chi connectivity index (χ3n) is 3.08. The second-order valence-electron chi connectivity index (χ2n) is 4.27. The van der Waals surface area contributed by atoms with Crippen LogP contribution in [-0.4, -0.2) is 20.2 Å². The van der Waals surface area contributed by atoms with Crippen LogP contribution in [0.25, 0.3) is 17.1 Å². The lowest BCUT2D eigenvalue weighted by molar-refractivity contribution is 0.788. The molecule has 2 N–H and O–H groups in total. The average Bonchev–Trinajstić information content (AvgIpc) is 2.92. The van der Waals surface area contributed by atoms with Crippen molar-refractivity contribution < 1.29 is 0 Å². The second kappa shape index (κ2) is 4.53. The molecule has 0 radical (unpaired) electrons. The van der Waals surface area contributed by atoms with Gasteiger partial charge in [0.25, 0.3) is 0 Å². The summed E-state index contributed by atoms with van der Waals surface area (Å²) in [5, 5.41) is 11.9. The first-order valence-corrected chi connectivity index (χ1v) is 5.96. The smallest absolute Gasteiger partial charge is 0.187 e. The van der Waals surface area contributed by atoms with Crippen molar-refractivity contribution in [2.45, 2.75) is 6.92 Å². The van der Waals surface area contributed by atoms with Crippen molar-refractivity contribution in [1.29, 1.82) is 0 Å². The summed E-state index contributed by atoms with van der Waals surface area (Å²) in [7, 11) is 0. The van der Waals surface area contributed by atoms with Crippen LogP contribution in [0.1, 0.15) is 5.56 Å². The van der Waals surface area contributed by atoms with E-state index in [0.717, 1.165) is 22.5 Å². The number of nitrogen functional groups attached to an aromatic ring is 1. The molecular weight excluding hydrogens is 238 g/mol. The number of nitrogens with two attached hydrogens (primary N) is 1. The van der Waals surface area contributed by atoms with E-state index in [1.54, 1.807) is 4.68 Å². The number of rotatable bonds is 2. The van der Waals surface area contributed by atoms with Crippen molar-refractivity contribution in [1.82, 2.24) is 20.2 Å². The van der Waals surface area contributed by atoms with E-state index >= 15 is 0 Å². The quantitative estimate of drug-likeness (QED) is 0.709. The summed E-state index contributed by atoms with van der Waals surface area (Å²) < 4.78 is 1.71. The van der Waals surface area contributed by atoms with E-state index in [9.17, 15) is 0 Å². The molecule has 0 aliphatic rings. The Bertz CT molecular complexity index is 703. The lowest BCUT2D eigenvalue weighted by Gasteiger charge is -2.09. The van der Waals surface area contributed by atoms with Crippen LogP contribution in [0.3, 0.4) is 0 Å². The summed E-state index contributed by atoms with van der Waals surface area (Å²) in [5.41, 5.74) is 9.49. The average molecular weight is 251 g/mol. The van der Waals surface area contributed by atoms with Crippen LogP contribution < -0.4 is 5.73 Å².